The zero-order chi connectivity index (χ0) is 13.8. The van der Waals surface area contributed by atoms with Gasteiger partial charge in [-0.25, -0.2) is 0 Å². The van der Waals surface area contributed by atoms with Crippen molar-refractivity contribution in [3.05, 3.63) is 46.1 Å². The minimum Gasteiger partial charge on any atom is -0.384 e. The summed E-state index contributed by atoms with van der Waals surface area (Å²) in [7, 11) is 1.77. The molecule has 0 saturated carbocycles. The lowest BCUT2D eigenvalue weighted by Crippen LogP contribution is -2.24. The number of hydrogen-bond acceptors (Lipinski definition) is 3. The molecule has 0 atom stereocenters. The lowest BCUT2D eigenvalue weighted by Gasteiger charge is -2.05. The minimum absolute atomic E-state index is 0.0404. The van der Waals surface area contributed by atoms with Crippen LogP contribution in [0, 0.1) is 0 Å². The molecule has 2 aromatic rings. The van der Waals surface area contributed by atoms with Crippen molar-refractivity contribution in [1.82, 2.24) is 15.1 Å². The summed E-state index contributed by atoms with van der Waals surface area (Å²) in [5, 5.41) is 6.86. The molecule has 0 unspecified atom stereocenters. The van der Waals surface area contributed by atoms with Gasteiger partial charge in [-0.15, -0.1) is 0 Å². The van der Waals surface area contributed by atoms with E-state index in [9.17, 15) is 4.79 Å². The quantitative estimate of drug-likeness (QED) is 0.898. The highest BCUT2D eigenvalue weighted by atomic mass is 79.9. The predicted octanol–water partition coefficient (Wildman–Crippen LogP) is 1.62. The van der Waals surface area contributed by atoms with Crippen molar-refractivity contribution >= 4 is 27.7 Å². The summed E-state index contributed by atoms with van der Waals surface area (Å²) in [5.74, 6) is 0.532. The largest absolute Gasteiger partial charge is 0.384 e. The number of nitrogens with one attached hydrogen (secondary N) is 1. The summed E-state index contributed by atoms with van der Waals surface area (Å²) in [6, 6.07) is 7.68. The Kier molecular flexibility index (Phi) is 4.21. The normalized spacial score (nSPS) is 10.4. The number of aryl methyl sites for hydroxylation is 1. The average Bonchev–Trinajstić information content (AvgIpc) is 2.68. The molecule has 100 valence electrons. The van der Waals surface area contributed by atoms with Gasteiger partial charge < -0.3 is 11.1 Å². The fraction of sp³-hybridized carbons (Fsp3) is 0.231. The van der Waals surface area contributed by atoms with E-state index in [1.54, 1.807) is 17.9 Å². The zero-order valence-electron chi connectivity index (χ0n) is 10.6. The van der Waals surface area contributed by atoms with Crippen molar-refractivity contribution in [2.75, 3.05) is 5.73 Å². The second-order valence-electron chi connectivity index (χ2n) is 4.26. The summed E-state index contributed by atoms with van der Waals surface area (Å²) in [6.07, 6.45) is 2.01. The standard InChI is InChI=1S/C13H15BrN4O/c1-18-13(15)10(8-17-18)7-16-12(19)6-9-3-2-4-11(14)5-9/h2-5,8H,6-7,15H2,1H3,(H,16,19). The number of anilines is 1. The molecule has 0 radical (unpaired) electrons. The van der Waals surface area contributed by atoms with Crippen LogP contribution in [0.15, 0.2) is 34.9 Å². The average molecular weight is 323 g/mol. The Bertz CT molecular complexity index is 594. The number of nitrogens with two attached hydrogens (primary N) is 1. The van der Waals surface area contributed by atoms with Crippen LogP contribution in [0.4, 0.5) is 5.82 Å². The van der Waals surface area contributed by atoms with Gasteiger partial charge in [-0.3, -0.25) is 9.48 Å². The second kappa shape index (κ2) is 5.88. The molecule has 6 heteroatoms. The van der Waals surface area contributed by atoms with Gasteiger partial charge in [0.15, 0.2) is 0 Å². The van der Waals surface area contributed by atoms with Gasteiger partial charge in [0, 0.05) is 23.6 Å². The van der Waals surface area contributed by atoms with Crippen LogP contribution < -0.4 is 11.1 Å². The van der Waals surface area contributed by atoms with Gasteiger partial charge in [-0.05, 0) is 17.7 Å². The van der Waals surface area contributed by atoms with Crippen LogP contribution in [0.5, 0.6) is 0 Å². The monoisotopic (exact) mass is 322 g/mol. The third-order valence-electron chi connectivity index (χ3n) is 2.79. The highest BCUT2D eigenvalue weighted by Gasteiger charge is 2.07. The molecule has 2 rings (SSSR count). The van der Waals surface area contributed by atoms with E-state index in [1.807, 2.05) is 24.3 Å². The number of rotatable bonds is 4. The molecule has 1 heterocycles. The molecule has 1 aromatic heterocycles. The molecule has 19 heavy (non-hydrogen) atoms. The third-order valence-corrected chi connectivity index (χ3v) is 3.29. The second-order valence-corrected chi connectivity index (χ2v) is 5.18. The van der Waals surface area contributed by atoms with Crippen molar-refractivity contribution in [3.8, 4) is 0 Å². The molecule has 0 fully saturated rings. The number of aromatic nitrogens is 2. The maximum Gasteiger partial charge on any atom is 0.224 e. The van der Waals surface area contributed by atoms with Crippen LogP contribution in [0.3, 0.4) is 0 Å². The lowest BCUT2D eigenvalue weighted by molar-refractivity contribution is -0.120. The van der Waals surface area contributed by atoms with Gasteiger partial charge in [-0.2, -0.15) is 5.10 Å². The Labute approximate surface area is 119 Å². The van der Waals surface area contributed by atoms with Gasteiger partial charge in [0.05, 0.1) is 12.6 Å². The zero-order valence-corrected chi connectivity index (χ0v) is 12.1. The maximum absolute atomic E-state index is 11.8. The summed E-state index contributed by atoms with van der Waals surface area (Å²) < 4.78 is 2.55. The van der Waals surface area contributed by atoms with E-state index in [2.05, 4.69) is 26.3 Å². The smallest absolute Gasteiger partial charge is 0.224 e. The molecule has 0 spiro atoms. The highest BCUT2D eigenvalue weighted by Crippen LogP contribution is 2.12. The number of halogens is 1. The Morgan fingerprint density at radius 2 is 2.32 bits per heavy atom. The first-order valence-electron chi connectivity index (χ1n) is 5.84. The van der Waals surface area contributed by atoms with Gasteiger partial charge in [0.1, 0.15) is 5.82 Å². The molecule has 0 aliphatic rings. The first kappa shape index (κ1) is 13.6. The molecule has 0 aliphatic heterocycles. The first-order chi connectivity index (χ1) is 9.06. The molecule has 5 nitrogen and oxygen atoms in total. The molecular formula is C13H15BrN4O. The van der Waals surface area contributed by atoms with E-state index in [1.165, 1.54) is 0 Å². The van der Waals surface area contributed by atoms with E-state index in [0.717, 1.165) is 15.6 Å². The Balaban J connectivity index is 1.90. The highest BCUT2D eigenvalue weighted by molar-refractivity contribution is 9.10. The van der Waals surface area contributed by atoms with Gasteiger partial charge in [0.2, 0.25) is 5.91 Å². The number of nitrogen functional groups attached to an aromatic ring is 1. The fourth-order valence-corrected chi connectivity index (χ4v) is 2.16. The van der Waals surface area contributed by atoms with Gasteiger partial charge >= 0.3 is 0 Å². The van der Waals surface area contributed by atoms with Crippen LogP contribution >= 0.6 is 15.9 Å². The third kappa shape index (κ3) is 3.57. The van der Waals surface area contributed by atoms with E-state index in [-0.39, 0.29) is 5.91 Å². The van der Waals surface area contributed by atoms with Crippen molar-refractivity contribution in [3.63, 3.8) is 0 Å². The van der Waals surface area contributed by atoms with E-state index in [4.69, 9.17) is 5.73 Å². The molecule has 0 aliphatic carbocycles. The number of carbonyl (C=O) groups excluding carboxylic acids is 1. The molecule has 0 bridgehead atoms. The van der Waals surface area contributed by atoms with E-state index in [0.29, 0.717) is 18.8 Å². The van der Waals surface area contributed by atoms with Crippen molar-refractivity contribution in [2.24, 2.45) is 7.05 Å². The minimum atomic E-state index is -0.0404. The van der Waals surface area contributed by atoms with E-state index >= 15 is 0 Å². The Morgan fingerprint density at radius 3 is 2.95 bits per heavy atom. The summed E-state index contributed by atoms with van der Waals surface area (Å²) in [5.41, 5.74) is 7.59. The van der Waals surface area contributed by atoms with Crippen molar-refractivity contribution < 1.29 is 4.79 Å². The van der Waals surface area contributed by atoms with Gasteiger partial charge in [0.25, 0.3) is 0 Å². The van der Waals surface area contributed by atoms with Crippen LogP contribution in [0.1, 0.15) is 11.1 Å². The summed E-state index contributed by atoms with van der Waals surface area (Å²) >= 11 is 3.38. The Hall–Kier alpha value is -1.82. The number of hydrogen-bond donors (Lipinski definition) is 2. The van der Waals surface area contributed by atoms with E-state index < -0.39 is 0 Å². The first-order valence-corrected chi connectivity index (χ1v) is 6.63. The molecule has 0 saturated heterocycles. The predicted molar refractivity (Wildman–Crippen MR) is 77.3 cm³/mol. The SMILES string of the molecule is Cn1ncc(CNC(=O)Cc2cccc(Br)c2)c1N. The number of amides is 1. The molecular weight excluding hydrogens is 308 g/mol. The topological polar surface area (TPSA) is 72.9 Å². The molecule has 3 N–H and O–H groups in total. The maximum atomic E-state index is 11.8. The van der Waals surface area contributed by atoms with Crippen LogP contribution in [0.2, 0.25) is 0 Å². The number of benzene rings is 1. The van der Waals surface area contributed by atoms with Crippen LogP contribution in [-0.2, 0) is 24.8 Å². The molecule has 1 amide bonds. The summed E-state index contributed by atoms with van der Waals surface area (Å²) in [6.45, 7) is 0.395. The van der Waals surface area contributed by atoms with Gasteiger partial charge in [-0.1, -0.05) is 28.1 Å². The Morgan fingerprint density at radius 1 is 1.53 bits per heavy atom. The number of nitrogens with zero attached hydrogens (tertiary/aromatic N) is 2. The fourth-order valence-electron chi connectivity index (χ4n) is 1.72. The van der Waals surface area contributed by atoms with Crippen molar-refractivity contribution in [1.29, 1.82) is 0 Å². The van der Waals surface area contributed by atoms with Crippen LogP contribution in [-0.4, -0.2) is 15.7 Å². The van der Waals surface area contributed by atoms with Crippen molar-refractivity contribution in [2.45, 2.75) is 13.0 Å². The summed E-state index contributed by atoms with van der Waals surface area (Å²) in [4.78, 5) is 11.8. The number of carbonyl (C=O) groups is 1. The lowest BCUT2D eigenvalue weighted by atomic mass is 10.1. The molecule has 1 aromatic carbocycles. The van der Waals surface area contributed by atoms with Crippen LogP contribution in [0.25, 0.3) is 0 Å².